The molecule has 0 radical (unpaired) electrons. The fourth-order valence-corrected chi connectivity index (χ4v) is 6.81. The van der Waals surface area contributed by atoms with E-state index in [1.54, 1.807) is 0 Å². The van der Waals surface area contributed by atoms with Crippen molar-refractivity contribution in [2.45, 2.75) is 252 Å². The normalized spacial score (nSPS) is 13.2. The Balaban J connectivity index is 3.17. The maximum absolute atomic E-state index is 2.51. The van der Waals surface area contributed by atoms with Gasteiger partial charge in [0.2, 0.25) is 0 Å². The molecule has 0 aliphatic rings. The van der Waals surface area contributed by atoms with Crippen LogP contribution in [0.5, 0.6) is 0 Å². The molecule has 248 valence electrons. The van der Waals surface area contributed by atoms with E-state index in [2.05, 4.69) is 27.7 Å². The van der Waals surface area contributed by atoms with E-state index >= 15 is 0 Å². The van der Waals surface area contributed by atoms with Gasteiger partial charge in [-0.3, -0.25) is 0 Å². The fraction of sp³-hybridized carbons (Fsp3) is 1.00. The SMILES string of the molecule is CCCCCCCCCCCCCCCCCCCCCCC(C)CCCCCCCCCCCC(C)CCCC. The molecule has 2 unspecified atom stereocenters. The summed E-state index contributed by atoms with van der Waals surface area (Å²) in [5, 5.41) is 0. The lowest BCUT2D eigenvalue weighted by atomic mass is 9.95. The number of rotatable bonds is 36. The highest BCUT2D eigenvalue weighted by molar-refractivity contribution is 4.57. The van der Waals surface area contributed by atoms with E-state index in [0.29, 0.717) is 0 Å². The van der Waals surface area contributed by atoms with Crippen LogP contribution in [-0.4, -0.2) is 0 Å². The van der Waals surface area contributed by atoms with E-state index in [0.717, 1.165) is 11.8 Å². The van der Waals surface area contributed by atoms with Crippen molar-refractivity contribution in [1.29, 1.82) is 0 Å². The lowest BCUT2D eigenvalue weighted by Crippen LogP contribution is -1.95. The lowest BCUT2D eigenvalue weighted by Gasteiger charge is -2.11. The van der Waals surface area contributed by atoms with Crippen LogP contribution in [0, 0.1) is 11.8 Å². The van der Waals surface area contributed by atoms with Crippen LogP contribution in [0.2, 0.25) is 0 Å². The zero-order valence-corrected chi connectivity index (χ0v) is 29.9. The highest BCUT2D eigenvalue weighted by atomic mass is 14.1. The number of hydrogen-bond acceptors (Lipinski definition) is 0. The molecule has 0 bridgehead atoms. The van der Waals surface area contributed by atoms with Crippen LogP contribution in [-0.2, 0) is 0 Å². The Labute approximate surface area is 263 Å². The van der Waals surface area contributed by atoms with Crippen LogP contribution < -0.4 is 0 Å². The molecule has 0 saturated carbocycles. The molecule has 0 fully saturated rings. The first-order valence-corrected chi connectivity index (χ1v) is 20.2. The summed E-state index contributed by atoms with van der Waals surface area (Å²) in [5.41, 5.74) is 0. The second-order valence-corrected chi connectivity index (χ2v) is 14.6. The van der Waals surface area contributed by atoms with Crippen LogP contribution in [0.4, 0.5) is 0 Å². The van der Waals surface area contributed by atoms with Crippen molar-refractivity contribution >= 4 is 0 Å². The molecule has 0 amide bonds. The zero-order chi connectivity index (χ0) is 29.9. The highest BCUT2D eigenvalue weighted by Crippen LogP contribution is 2.20. The van der Waals surface area contributed by atoms with Crippen LogP contribution in [0.25, 0.3) is 0 Å². The molecule has 0 aliphatic carbocycles. The third-order valence-electron chi connectivity index (χ3n) is 9.99. The summed E-state index contributed by atoms with van der Waals surface area (Å²) in [5.74, 6) is 1.93. The molecule has 0 N–H and O–H groups in total. The Morgan fingerprint density at radius 3 is 0.610 bits per heavy atom. The van der Waals surface area contributed by atoms with Gasteiger partial charge in [0.15, 0.2) is 0 Å². The number of hydrogen-bond donors (Lipinski definition) is 0. The first kappa shape index (κ1) is 41.0. The molecule has 0 heterocycles. The number of unbranched alkanes of at least 4 members (excludes halogenated alkanes) is 28. The highest BCUT2D eigenvalue weighted by Gasteiger charge is 2.03. The minimum atomic E-state index is 0.963. The molecule has 0 aliphatic heterocycles. The van der Waals surface area contributed by atoms with Crippen molar-refractivity contribution in [1.82, 2.24) is 0 Å². The van der Waals surface area contributed by atoms with Gasteiger partial charge in [-0.15, -0.1) is 0 Å². The summed E-state index contributed by atoms with van der Waals surface area (Å²) in [6, 6.07) is 0. The predicted octanol–water partition coefficient (Wildman–Crippen LogP) is 16.0. The average molecular weight is 577 g/mol. The Morgan fingerprint density at radius 1 is 0.220 bits per heavy atom. The minimum absolute atomic E-state index is 0.963. The second-order valence-electron chi connectivity index (χ2n) is 14.6. The minimum Gasteiger partial charge on any atom is -0.0654 e. The zero-order valence-electron chi connectivity index (χ0n) is 29.9. The summed E-state index contributed by atoms with van der Waals surface area (Å²) >= 11 is 0. The van der Waals surface area contributed by atoms with Gasteiger partial charge in [0.25, 0.3) is 0 Å². The maximum atomic E-state index is 2.51. The van der Waals surface area contributed by atoms with Crippen molar-refractivity contribution in [2.24, 2.45) is 11.8 Å². The largest absolute Gasteiger partial charge is 0.0654 e. The average Bonchev–Trinajstić information content (AvgIpc) is 2.97. The molecule has 0 aromatic heterocycles. The van der Waals surface area contributed by atoms with Crippen molar-refractivity contribution in [3.8, 4) is 0 Å². The lowest BCUT2D eigenvalue weighted by molar-refractivity contribution is 0.427. The summed E-state index contributed by atoms with van der Waals surface area (Å²) in [6.45, 7) is 9.60. The Morgan fingerprint density at radius 2 is 0.390 bits per heavy atom. The van der Waals surface area contributed by atoms with E-state index in [9.17, 15) is 0 Å². The third-order valence-corrected chi connectivity index (χ3v) is 9.99. The van der Waals surface area contributed by atoms with E-state index in [1.807, 2.05) is 0 Å². The van der Waals surface area contributed by atoms with Gasteiger partial charge in [-0.05, 0) is 11.8 Å². The quantitative estimate of drug-likeness (QED) is 0.0651. The Hall–Kier alpha value is 0. The standard InChI is InChI=1S/C41H84/c1-5-7-9-10-11-12-13-14-15-16-17-18-19-20-21-22-24-27-31-34-38-41(4)39-35-32-29-26-23-25-28-30-33-37-40(3)36-8-6-2/h40-41H,5-39H2,1-4H3. The van der Waals surface area contributed by atoms with Crippen molar-refractivity contribution in [3.63, 3.8) is 0 Å². The smallest absolute Gasteiger partial charge is 0.0443 e. The first-order chi connectivity index (χ1) is 20.2. The molecular weight excluding hydrogens is 492 g/mol. The molecule has 0 heteroatoms. The van der Waals surface area contributed by atoms with Crippen molar-refractivity contribution in [2.75, 3.05) is 0 Å². The summed E-state index contributed by atoms with van der Waals surface area (Å²) in [4.78, 5) is 0. The molecule has 0 saturated heterocycles. The maximum Gasteiger partial charge on any atom is -0.0443 e. The van der Waals surface area contributed by atoms with E-state index < -0.39 is 0 Å². The van der Waals surface area contributed by atoms with Gasteiger partial charge in [0, 0.05) is 0 Å². The van der Waals surface area contributed by atoms with Gasteiger partial charge < -0.3 is 0 Å². The van der Waals surface area contributed by atoms with Crippen LogP contribution in [0.1, 0.15) is 252 Å². The topological polar surface area (TPSA) is 0 Å². The molecule has 41 heavy (non-hydrogen) atoms. The van der Waals surface area contributed by atoms with Gasteiger partial charge in [-0.1, -0.05) is 252 Å². The second kappa shape index (κ2) is 36.2. The summed E-state index contributed by atoms with van der Waals surface area (Å²) in [7, 11) is 0. The van der Waals surface area contributed by atoms with Gasteiger partial charge in [0.05, 0.1) is 0 Å². The van der Waals surface area contributed by atoms with E-state index in [-0.39, 0.29) is 0 Å². The monoisotopic (exact) mass is 577 g/mol. The van der Waals surface area contributed by atoms with E-state index in [1.165, 1.54) is 225 Å². The Kier molecular flexibility index (Phi) is 36.2. The van der Waals surface area contributed by atoms with E-state index in [4.69, 9.17) is 0 Å². The summed E-state index contributed by atoms with van der Waals surface area (Å²) < 4.78 is 0. The molecule has 0 aromatic rings. The van der Waals surface area contributed by atoms with Gasteiger partial charge in [0.1, 0.15) is 0 Å². The summed E-state index contributed by atoms with van der Waals surface area (Å²) in [6.07, 6.45) is 51.6. The van der Waals surface area contributed by atoms with Crippen LogP contribution in [0.3, 0.4) is 0 Å². The molecule has 0 nitrogen and oxygen atoms in total. The van der Waals surface area contributed by atoms with Crippen LogP contribution >= 0.6 is 0 Å². The molecule has 0 rings (SSSR count). The van der Waals surface area contributed by atoms with Gasteiger partial charge in [-0.25, -0.2) is 0 Å². The molecule has 0 aromatic carbocycles. The molecule has 2 atom stereocenters. The fourth-order valence-electron chi connectivity index (χ4n) is 6.81. The predicted molar refractivity (Wildman–Crippen MR) is 191 cm³/mol. The third kappa shape index (κ3) is 36.1. The Bertz CT molecular complexity index is 439. The van der Waals surface area contributed by atoms with Gasteiger partial charge >= 0.3 is 0 Å². The molecule has 0 spiro atoms. The van der Waals surface area contributed by atoms with Crippen LogP contribution in [0.15, 0.2) is 0 Å². The molecular formula is C41H84. The van der Waals surface area contributed by atoms with Crippen molar-refractivity contribution < 1.29 is 0 Å². The first-order valence-electron chi connectivity index (χ1n) is 20.2. The van der Waals surface area contributed by atoms with Gasteiger partial charge in [-0.2, -0.15) is 0 Å². The van der Waals surface area contributed by atoms with Crippen molar-refractivity contribution in [3.05, 3.63) is 0 Å².